The number of nitrogens with zero attached hydrogens (tertiary/aromatic N) is 2. The minimum absolute atomic E-state index is 0.0925. The molecule has 0 spiro atoms. The molecular formula is C18H22N2O5. The zero-order valence-electron chi connectivity index (χ0n) is 14.7. The van der Waals surface area contributed by atoms with E-state index in [1.54, 1.807) is 17.9 Å². The number of hydrogen-bond acceptors (Lipinski definition) is 6. The van der Waals surface area contributed by atoms with Crippen molar-refractivity contribution in [1.82, 2.24) is 10.1 Å². The molecule has 0 saturated carbocycles. The average molecular weight is 346 g/mol. The predicted octanol–water partition coefficient (Wildman–Crippen LogP) is 2.17. The molecule has 1 amide bonds. The van der Waals surface area contributed by atoms with Crippen LogP contribution in [0.5, 0.6) is 5.75 Å². The molecule has 1 unspecified atom stereocenters. The smallest absolute Gasteiger partial charge is 0.339 e. The fourth-order valence-electron chi connectivity index (χ4n) is 3.14. The van der Waals surface area contributed by atoms with E-state index in [1.165, 1.54) is 6.07 Å². The lowest BCUT2D eigenvalue weighted by atomic mass is 10.1. The van der Waals surface area contributed by atoms with Gasteiger partial charge in [-0.1, -0.05) is 5.16 Å². The molecule has 7 heteroatoms. The van der Waals surface area contributed by atoms with E-state index in [0.29, 0.717) is 37.4 Å². The molecule has 0 radical (unpaired) electrons. The largest absolute Gasteiger partial charge is 0.488 e. The fraction of sp³-hybridized carbons (Fsp3) is 0.500. The minimum Gasteiger partial charge on any atom is -0.488 e. The van der Waals surface area contributed by atoms with Crippen LogP contribution in [0, 0.1) is 20.8 Å². The quantitative estimate of drug-likeness (QED) is 0.825. The summed E-state index contributed by atoms with van der Waals surface area (Å²) in [6.07, 6.45) is 1.69. The van der Waals surface area contributed by atoms with Gasteiger partial charge in [0.05, 0.1) is 18.3 Å². The summed E-state index contributed by atoms with van der Waals surface area (Å²) in [5, 5.41) is 3.91. The number of likely N-dealkylation sites (tertiary alicyclic amines) is 1. The topological polar surface area (TPSA) is 85.8 Å². The molecule has 7 nitrogen and oxygen atoms in total. The number of rotatable bonds is 5. The maximum Gasteiger partial charge on any atom is 0.339 e. The van der Waals surface area contributed by atoms with Crippen molar-refractivity contribution in [2.75, 3.05) is 13.1 Å². The van der Waals surface area contributed by atoms with E-state index in [2.05, 4.69) is 5.16 Å². The summed E-state index contributed by atoms with van der Waals surface area (Å²) in [7, 11) is 0. The highest BCUT2D eigenvalue weighted by molar-refractivity contribution is 5.76. The van der Waals surface area contributed by atoms with Gasteiger partial charge in [-0.2, -0.15) is 0 Å². The van der Waals surface area contributed by atoms with Crippen molar-refractivity contribution in [2.45, 2.75) is 46.1 Å². The molecule has 1 aliphatic heterocycles. The number of carbonyl (C=O) groups is 1. The maximum absolute atomic E-state index is 12.4. The van der Waals surface area contributed by atoms with Crippen molar-refractivity contribution in [2.24, 2.45) is 0 Å². The first kappa shape index (κ1) is 17.3. The normalized spacial score (nSPS) is 17.1. The van der Waals surface area contributed by atoms with E-state index < -0.39 is 5.63 Å². The van der Waals surface area contributed by atoms with Crippen LogP contribution in [-0.4, -0.2) is 35.2 Å². The summed E-state index contributed by atoms with van der Waals surface area (Å²) in [5.41, 5.74) is 1.42. The summed E-state index contributed by atoms with van der Waals surface area (Å²) in [5.74, 6) is 1.86. The van der Waals surface area contributed by atoms with Gasteiger partial charge < -0.3 is 18.6 Å². The lowest BCUT2D eigenvalue weighted by Gasteiger charge is -2.17. The first-order chi connectivity index (χ1) is 11.9. The molecule has 0 N–H and O–H groups in total. The first-order valence-electron chi connectivity index (χ1n) is 8.40. The third-order valence-corrected chi connectivity index (χ3v) is 4.44. The summed E-state index contributed by atoms with van der Waals surface area (Å²) in [6, 6.07) is 3.01. The highest BCUT2D eigenvalue weighted by Gasteiger charge is 2.28. The molecule has 1 fully saturated rings. The maximum atomic E-state index is 12.4. The Morgan fingerprint density at radius 1 is 1.36 bits per heavy atom. The average Bonchev–Trinajstić information content (AvgIpc) is 3.12. The van der Waals surface area contributed by atoms with Crippen LogP contribution in [0.1, 0.15) is 35.6 Å². The van der Waals surface area contributed by atoms with Gasteiger partial charge in [0.1, 0.15) is 23.4 Å². The van der Waals surface area contributed by atoms with Crippen LogP contribution in [0.15, 0.2) is 25.9 Å². The van der Waals surface area contributed by atoms with Gasteiger partial charge in [-0.05, 0) is 27.2 Å². The van der Waals surface area contributed by atoms with Crippen LogP contribution < -0.4 is 10.4 Å². The predicted molar refractivity (Wildman–Crippen MR) is 89.6 cm³/mol. The lowest BCUT2D eigenvalue weighted by Crippen LogP contribution is -2.31. The number of aromatic nitrogens is 1. The molecular weight excluding hydrogens is 324 g/mol. The van der Waals surface area contributed by atoms with E-state index in [-0.39, 0.29) is 12.0 Å². The Morgan fingerprint density at radius 2 is 2.16 bits per heavy atom. The van der Waals surface area contributed by atoms with Crippen molar-refractivity contribution >= 4 is 5.91 Å². The first-order valence-corrected chi connectivity index (χ1v) is 8.40. The fourth-order valence-corrected chi connectivity index (χ4v) is 3.14. The molecule has 3 heterocycles. The minimum atomic E-state index is -0.430. The Kier molecular flexibility index (Phi) is 4.92. The number of aryl methyl sites for hydroxylation is 3. The summed E-state index contributed by atoms with van der Waals surface area (Å²) in [4.78, 5) is 25.6. The molecule has 3 rings (SSSR count). The summed E-state index contributed by atoms with van der Waals surface area (Å²) in [6.45, 7) is 6.63. The highest BCUT2D eigenvalue weighted by atomic mass is 16.5. The lowest BCUT2D eigenvalue weighted by molar-refractivity contribution is -0.130. The zero-order chi connectivity index (χ0) is 18.0. The van der Waals surface area contributed by atoms with E-state index in [1.807, 2.05) is 13.8 Å². The Labute approximate surface area is 145 Å². The summed E-state index contributed by atoms with van der Waals surface area (Å²) < 4.78 is 15.9. The molecule has 2 aromatic rings. The van der Waals surface area contributed by atoms with E-state index in [0.717, 1.165) is 23.4 Å². The molecule has 0 aliphatic carbocycles. The van der Waals surface area contributed by atoms with Gasteiger partial charge in [-0.15, -0.1) is 0 Å². The van der Waals surface area contributed by atoms with Crippen molar-refractivity contribution < 1.29 is 18.5 Å². The van der Waals surface area contributed by atoms with Crippen LogP contribution in [0.25, 0.3) is 0 Å². The van der Waals surface area contributed by atoms with E-state index >= 15 is 0 Å². The molecule has 0 bridgehead atoms. The van der Waals surface area contributed by atoms with Crippen LogP contribution in [0.2, 0.25) is 0 Å². The van der Waals surface area contributed by atoms with Gasteiger partial charge >= 0.3 is 5.63 Å². The van der Waals surface area contributed by atoms with Crippen molar-refractivity contribution in [3.63, 3.8) is 0 Å². The molecule has 2 aromatic heterocycles. The summed E-state index contributed by atoms with van der Waals surface area (Å²) >= 11 is 0. The third-order valence-electron chi connectivity index (χ3n) is 4.44. The van der Waals surface area contributed by atoms with Gasteiger partial charge in [0.2, 0.25) is 5.91 Å². The number of carbonyl (C=O) groups excluding carboxylic acids is 1. The van der Waals surface area contributed by atoms with Gasteiger partial charge in [-0.3, -0.25) is 4.79 Å². The second-order valence-corrected chi connectivity index (χ2v) is 6.39. The number of amides is 1. The van der Waals surface area contributed by atoms with Crippen LogP contribution >= 0.6 is 0 Å². The van der Waals surface area contributed by atoms with Crippen LogP contribution in [0.3, 0.4) is 0 Å². The Morgan fingerprint density at radius 3 is 2.84 bits per heavy atom. The second-order valence-electron chi connectivity index (χ2n) is 6.39. The molecule has 134 valence electrons. The van der Waals surface area contributed by atoms with Crippen molar-refractivity contribution in [3.8, 4) is 5.75 Å². The number of hydrogen-bond donors (Lipinski definition) is 0. The number of ether oxygens (including phenoxy) is 1. The Hall–Kier alpha value is -2.57. The van der Waals surface area contributed by atoms with Gasteiger partial charge in [0, 0.05) is 31.0 Å². The molecule has 25 heavy (non-hydrogen) atoms. The Balaban J connectivity index is 1.53. The Bertz CT molecular complexity index is 804. The van der Waals surface area contributed by atoms with Crippen molar-refractivity contribution in [1.29, 1.82) is 0 Å². The van der Waals surface area contributed by atoms with Crippen molar-refractivity contribution in [3.05, 3.63) is 45.3 Å². The zero-order valence-corrected chi connectivity index (χ0v) is 14.7. The third kappa shape index (κ3) is 4.10. The van der Waals surface area contributed by atoms with Crippen LogP contribution in [0.4, 0.5) is 0 Å². The molecule has 0 aromatic carbocycles. The molecule has 1 aliphatic rings. The molecule has 1 saturated heterocycles. The van der Waals surface area contributed by atoms with Gasteiger partial charge in [-0.25, -0.2) is 4.79 Å². The van der Waals surface area contributed by atoms with E-state index in [4.69, 9.17) is 13.7 Å². The van der Waals surface area contributed by atoms with E-state index in [9.17, 15) is 9.59 Å². The second kappa shape index (κ2) is 7.13. The SMILES string of the molecule is Cc1cc(OC2CCN(C(=O)CCc3c(C)noc3C)C2)cc(=O)o1. The van der Waals surface area contributed by atoms with Crippen LogP contribution in [-0.2, 0) is 11.2 Å². The highest BCUT2D eigenvalue weighted by Crippen LogP contribution is 2.20. The standard InChI is InChI=1S/C18H22N2O5/c1-11-8-15(9-18(22)23-11)24-14-6-7-20(10-14)17(21)5-4-16-12(2)19-25-13(16)3/h8-9,14H,4-7,10H2,1-3H3. The monoisotopic (exact) mass is 346 g/mol. The van der Waals surface area contributed by atoms with Gasteiger partial charge in [0.25, 0.3) is 0 Å². The molecule has 1 atom stereocenters. The van der Waals surface area contributed by atoms with Gasteiger partial charge in [0.15, 0.2) is 0 Å².